The summed E-state index contributed by atoms with van der Waals surface area (Å²) < 4.78 is 1.48. The molecule has 1 aromatic heterocycles. The van der Waals surface area contributed by atoms with Crippen LogP contribution in [0.2, 0.25) is 19.6 Å². The Morgan fingerprint density at radius 2 is 1.81 bits per heavy atom. The van der Waals surface area contributed by atoms with Crippen molar-refractivity contribution in [2.24, 2.45) is 0 Å². The van der Waals surface area contributed by atoms with Gasteiger partial charge < -0.3 is 0 Å². The van der Waals surface area contributed by atoms with E-state index in [0.29, 0.717) is 12.1 Å². The fraction of sp³-hybridized carbons (Fsp3) is 0.250. The minimum Gasteiger partial charge on any atom is -0.295 e. The molecule has 21 heavy (non-hydrogen) atoms. The van der Waals surface area contributed by atoms with E-state index in [9.17, 15) is 9.59 Å². The second-order valence-electron chi connectivity index (χ2n) is 5.92. The first kappa shape index (κ1) is 15.1. The molecular weight excluding hydrogens is 280 g/mol. The van der Waals surface area contributed by atoms with E-state index in [1.165, 1.54) is 4.57 Å². The van der Waals surface area contributed by atoms with Crippen molar-refractivity contribution in [2.75, 3.05) is 0 Å². The van der Waals surface area contributed by atoms with E-state index in [1.54, 1.807) is 6.20 Å². The highest BCUT2D eigenvalue weighted by Gasteiger charge is 2.09. The van der Waals surface area contributed by atoms with Gasteiger partial charge in [-0.25, -0.2) is 4.79 Å². The Hall–Kier alpha value is -2.32. The predicted octanol–water partition coefficient (Wildman–Crippen LogP) is 1.81. The van der Waals surface area contributed by atoms with Crippen molar-refractivity contribution in [1.82, 2.24) is 9.55 Å². The second kappa shape index (κ2) is 5.98. The molecule has 1 aromatic carbocycles. The highest BCUT2D eigenvalue weighted by Crippen LogP contribution is 2.01. The van der Waals surface area contributed by atoms with Crippen molar-refractivity contribution >= 4 is 8.07 Å². The van der Waals surface area contributed by atoms with Gasteiger partial charge >= 0.3 is 5.69 Å². The second-order valence-corrected chi connectivity index (χ2v) is 10.7. The number of nitrogens with zero attached hydrogens (tertiary/aromatic N) is 1. The van der Waals surface area contributed by atoms with E-state index in [-0.39, 0.29) is 0 Å². The molecular formula is C16H18N2O2Si. The molecule has 0 bridgehead atoms. The summed E-state index contributed by atoms with van der Waals surface area (Å²) >= 11 is 0. The quantitative estimate of drug-likeness (QED) is 0.679. The van der Waals surface area contributed by atoms with Crippen LogP contribution >= 0.6 is 0 Å². The minimum atomic E-state index is -1.57. The molecule has 0 spiro atoms. The van der Waals surface area contributed by atoms with Crippen molar-refractivity contribution < 1.29 is 0 Å². The molecule has 0 fully saturated rings. The van der Waals surface area contributed by atoms with Crippen molar-refractivity contribution in [1.29, 1.82) is 0 Å². The first-order valence-electron chi connectivity index (χ1n) is 6.76. The van der Waals surface area contributed by atoms with Crippen molar-refractivity contribution in [2.45, 2.75) is 26.2 Å². The number of nitrogens with one attached hydrogen (secondary N) is 1. The standard InChI is InChI=1S/C16H18N2O2Si/c1-21(2,3)10-9-14-12-18(16(20)17-15(14)19)11-13-7-5-4-6-8-13/h4-8,12H,11H2,1-3H3,(H,17,19,20). The van der Waals surface area contributed by atoms with Gasteiger partial charge in [-0.3, -0.25) is 14.3 Å². The van der Waals surface area contributed by atoms with E-state index in [1.807, 2.05) is 30.3 Å². The Morgan fingerprint density at radius 1 is 1.14 bits per heavy atom. The Kier molecular flexibility index (Phi) is 4.29. The molecule has 5 heteroatoms. The molecule has 4 nitrogen and oxygen atoms in total. The van der Waals surface area contributed by atoms with E-state index < -0.39 is 19.3 Å². The third-order valence-electron chi connectivity index (χ3n) is 2.78. The van der Waals surface area contributed by atoms with Crippen LogP contribution in [0.15, 0.2) is 46.1 Å². The minimum absolute atomic E-state index is 0.341. The van der Waals surface area contributed by atoms with Crippen LogP contribution in [0, 0.1) is 11.5 Å². The summed E-state index contributed by atoms with van der Waals surface area (Å²) in [6, 6.07) is 9.62. The molecule has 1 heterocycles. The topological polar surface area (TPSA) is 54.9 Å². The summed E-state index contributed by atoms with van der Waals surface area (Å²) in [5.74, 6) is 2.91. The summed E-state index contributed by atoms with van der Waals surface area (Å²) in [4.78, 5) is 26.0. The SMILES string of the molecule is C[Si](C)(C)C#Cc1cn(Cc2ccccc2)c(=O)[nH]c1=O. The average molecular weight is 298 g/mol. The molecule has 0 saturated heterocycles. The van der Waals surface area contributed by atoms with Gasteiger partial charge in [-0.15, -0.1) is 5.54 Å². The van der Waals surface area contributed by atoms with Crippen LogP contribution in [0.4, 0.5) is 0 Å². The Balaban J connectivity index is 2.41. The molecule has 0 saturated carbocycles. The third kappa shape index (κ3) is 4.33. The predicted molar refractivity (Wildman–Crippen MR) is 87.1 cm³/mol. The number of aromatic amines is 1. The summed E-state index contributed by atoms with van der Waals surface area (Å²) in [6.45, 7) is 6.73. The van der Waals surface area contributed by atoms with E-state index in [4.69, 9.17) is 0 Å². The van der Waals surface area contributed by atoms with Gasteiger partial charge in [0.25, 0.3) is 5.56 Å². The van der Waals surface area contributed by atoms with Gasteiger partial charge in [0.2, 0.25) is 0 Å². The van der Waals surface area contributed by atoms with Crippen LogP contribution in [0.25, 0.3) is 0 Å². The maximum Gasteiger partial charge on any atom is 0.328 e. The number of aromatic nitrogens is 2. The monoisotopic (exact) mass is 298 g/mol. The zero-order valence-corrected chi connectivity index (χ0v) is 13.4. The van der Waals surface area contributed by atoms with Crippen molar-refractivity contribution in [3.05, 3.63) is 68.5 Å². The Bertz CT molecular complexity index is 802. The molecule has 0 aliphatic carbocycles. The lowest BCUT2D eigenvalue weighted by Gasteiger charge is -2.06. The molecule has 0 aliphatic rings. The van der Waals surface area contributed by atoms with E-state index >= 15 is 0 Å². The molecule has 2 rings (SSSR count). The van der Waals surface area contributed by atoms with E-state index in [2.05, 4.69) is 36.1 Å². The molecule has 1 N–H and O–H groups in total. The number of H-pyrrole nitrogens is 1. The van der Waals surface area contributed by atoms with Gasteiger partial charge in [0.15, 0.2) is 0 Å². The largest absolute Gasteiger partial charge is 0.328 e. The van der Waals surface area contributed by atoms with Gasteiger partial charge in [0.05, 0.1) is 6.54 Å². The Morgan fingerprint density at radius 3 is 2.43 bits per heavy atom. The van der Waals surface area contributed by atoms with Gasteiger partial charge in [0.1, 0.15) is 13.6 Å². The lowest BCUT2D eigenvalue weighted by Crippen LogP contribution is -2.31. The zero-order valence-electron chi connectivity index (χ0n) is 12.4. The summed E-state index contributed by atoms with van der Waals surface area (Å²) in [7, 11) is -1.57. The highest BCUT2D eigenvalue weighted by atomic mass is 28.3. The number of benzene rings is 1. The Labute approximate surface area is 124 Å². The maximum absolute atomic E-state index is 11.9. The lowest BCUT2D eigenvalue weighted by atomic mass is 10.2. The molecule has 0 amide bonds. The summed E-state index contributed by atoms with van der Waals surface area (Å²) in [6.07, 6.45) is 1.54. The molecule has 0 radical (unpaired) electrons. The average Bonchev–Trinajstić information content (AvgIpc) is 2.41. The van der Waals surface area contributed by atoms with E-state index in [0.717, 1.165) is 5.56 Å². The zero-order chi connectivity index (χ0) is 15.5. The van der Waals surface area contributed by atoms with Crippen LogP contribution in [0.5, 0.6) is 0 Å². The number of hydrogen-bond donors (Lipinski definition) is 1. The van der Waals surface area contributed by atoms with Crippen molar-refractivity contribution in [3.8, 4) is 11.5 Å². The number of rotatable bonds is 2. The summed E-state index contributed by atoms with van der Waals surface area (Å²) in [5, 5.41) is 0. The normalized spacial score (nSPS) is 10.8. The van der Waals surface area contributed by atoms with Crippen LogP contribution in [0.3, 0.4) is 0 Å². The smallest absolute Gasteiger partial charge is 0.295 e. The molecule has 0 atom stereocenters. The van der Waals surface area contributed by atoms with Gasteiger partial charge in [-0.1, -0.05) is 55.9 Å². The maximum atomic E-state index is 11.9. The third-order valence-corrected chi connectivity index (χ3v) is 3.65. The first-order chi connectivity index (χ1) is 9.85. The molecule has 108 valence electrons. The first-order valence-corrected chi connectivity index (χ1v) is 10.3. The van der Waals surface area contributed by atoms with Crippen LogP contribution in [-0.4, -0.2) is 17.6 Å². The van der Waals surface area contributed by atoms with Crippen LogP contribution in [-0.2, 0) is 6.54 Å². The fourth-order valence-corrected chi connectivity index (χ4v) is 2.26. The molecule has 0 aliphatic heterocycles. The molecule has 2 aromatic rings. The van der Waals surface area contributed by atoms with Gasteiger partial charge in [-0.05, 0) is 5.56 Å². The van der Waals surface area contributed by atoms with Crippen LogP contribution < -0.4 is 11.2 Å². The fourth-order valence-electron chi connectivity index (χ4n) is 1.75. The lowest BCUT2D eigenvalue weighted by molar-refractivity contribution is 0.718. The summed E-state index contributed by atoms with van der Waals surface area (Å²) in [5.41, 5.74) is 3.64. The van der Waals surface area contributed by atoms with Crippen molar-refractivity contribution in [3.63, 3.8) is 0 Å². The van der Waals surface area contributed by atoms with Gasteiger partial charge in [-0.2, -0.15) is 0 Å². The van der Waals surface area contributed by atoms with Crippen LogP contribution in [0.1, 0.15) is 11.1 Å². The van der Waals surface area contributed by atoms with Gasteiger partial charge in [0, 0.05) is 6.20 Å². The highest BCUT2D eigenvalue weighted by molar-refractivity contribution is 6.83. The molecule has 0 unspecified atom stereocenters. The number of hydrogen-bond acceptors (Lipinski definition) is 2.